The van der Waals surface area contributed by atoms with Crippen LogP contribution in [0.25, 0.3) is 10.9 Å². The number of aromatic amines is 1. The van der Waals surface area contributed by atoms with Crippen LogP contribution in [-0.2, 0) is 9.47 Å². The van der Waals surface area contributed by atoms with E-state index in [1.54, 1.807) is 25.1 Å². The minimum absolute atomic E-state index is 0.00243. The van der Waals surface area contributed by atoms with Gasteiger partial charge in [0.15, 0.2) is 5.69 Å². The number of fused-ring (bicyclic) bond motifs is 1. The lowest BCUT2D eigenvalue weighted by Crippen LogP contribution is -2.43. The number of carbonyl (C=O) groups is 2. The van der Waals surface area contributed by atoms with Gasteiger partial charge in [0, 0.05) is 63.2 Å². The highest BCUT2D eigenvalue weighted by molar-refractivity contribution is 6.12. The van der Waals surface area contributed by atoms with Crippen molar-refractivity contribution in [2.75, 3.05) is 63.4 Å². The molecule has 0 aliphatic carbocycles. The van der Waals surface area contributed by atoms with Crippen LogP contribution in [0.3, 0.4) is 0 Å². The molecule has 0 saturated carbocycles. The summed E-state index contributed by atoms with van der Waals surface area (Å²) in [4.78, 5) is 32.1. The second kappa shape index (κ2) is 10.2. The number of benzene rings is 2. The Morgan fingerprint density at radius 2 is 1.92 bits per heavy atom. The van der Waals surface area contributed by atoms with E-state index in [0.717, 1.165) is 31.6 Å². The fraction of sp³-hybridized carbons (Fsp3) is 0.423. The van der Waals surface area contributed by atoms with Gasteiger partial charge in [-0.05, 0) is 43.2 Å². The quantitative estimate of drug-likeness (QED) is 0.562. The van der Waals surface area contributed by atoms with Gasteiger partial charge in [0.05, 0.1) is 30.4 Å². The van der Waals surface area contributed by atoms with Crippen molar-refractivity contribution in [1.82, 2.24) is 15.1 Å². The fourth-order valence-electron chi connectivity index (χ4n) is 4.86. The van der Waals surface area contributed by atoms with Crippen LogP contribution < -0.4 is 9.80 Å². The van der Waals surface area contributed by atoms with Crippen molar-refractivity contribution in [1.29, 1.82) is 0 Å². The number of phenolic OH excluding ortho intramolecular Hbond substituents is 1. The molecule has 0 spiro atoms. The molecule has 10 heteroatoms. The number of likely N-dealkylation sites (tertiary alicyclic amines) is 1. The number of nitrogens with zero attached hydrogens (tertiary/aromatic N) is 4. The van der Waals surface area contributed by atoms with Gasteiger partial charge in [0.1, 0.15) is 5.75 Å². The number of anilines is 2. The van der Waals surface area contributed by atoms with E-state index in [0.29, 0.717) is 42.9 Å². The molecule has 2 aliphatic rings. The molecule has 2 aromatic carbocycles. The highest BCUT2D eigenvalue weighted by atomic mass is 16.5. The summed E-state index contributed by atoms with van der Waals surface area (Å²) in [6.07, 6.45) is 1.76. The van der Waals surface area contributed by atoms with Gasteiger partial charge in [-0.2, -0.15) is 5.10 Å². The average molecular weight is 494 g/mol. The molecule has 0 bridgehead atoms. The molecule has 2 aliphatic heterocycles. The number of H-pyrrole nitrogens is 1. The maximum atomic E-state index is 13.4. The number of carbonyl (C=O) groups excluding carboxylic acids is 2. The van der Waals surface area contributed by atoms with Gasteiger partial charge in [0.2, 0.25) is 0 Å². The van der Waals surface area contributed by atoms with E-state index in [1.165, 1.54) is 11.0 Å². The molecular weight excluding hydrogens is 462 g/mol. The SMILES string of the molecule is CO[C@H]1CCCN(C(=O)c2n[nH]c3cc(O)c(C(=O)N(C)c4ccc(N5CCOCC5)cc4)cc23)C1. The van der Waals surface area contributed by atoms with Crippen molar-refractivity contribution in [3.63, 3.8) is 0 Å². The summed E-state index contributed by atoms with van der Waals surface area (Å²) < 4.78 is 10.9. The van der Waals surface area contributed by atoms with Gasteiger partial charge in [-0.1, -0.05) is 0 Å². The lowest BCUT2D eigenvalue weighted by Gasteiger charge is -2.31. The maximum Gasteiger partial charge on any atom is 0.275 e. The molecule has 3 heterocycles. The molecule has 190 valence electrons. The molecule has 2 amide bonds. The third-order valence-electron chi connectivity index (χ3n) is 7.03. The summed E-state index contributed by atoms with van der Waals surface area (Å²) in [5.74, 6) is -0.783. The van der Waals surface area contributed by atoms with Crippen LogP contribution in [-0.4, -0.2) is 91.7 Å². The third kappa shape index (κ3) is 4.61. The first-order valence-corrected chi connectivity index (χ1v) is 12.2. The van der Waals surface area contributed by atoms with Crippen molar-refractivity contribution in [3.8, 4) is 5.75 Å². The number of amides is 2. The molecule has 1 aromatic heterocycles. The standard InChI is InChI=1S/C26H31N5O5/c1-29(17-5-7-18(8-6-17)30-10-12-36-13-11-30)25(33)21-14-20-22(15-23(21)32)27-28-24(20)26(34)31-9-3-4-19(16-31)35-2/h5-8,14-15,19,32H,3-4,9-13,16H2,1-2H3,(H,27,28)/t19-/m0/s1. The number of morpholine rings is 1. The predicted molar refractivity (Wildman–Crippen MR) is 136 cm³/mol. The van der Waals surface area contributed by atoms with Crippen LogP contribution in [0.1, 0.15) is 33.7 Å². The molecular formula is C26H31N5O5. The number of aromatic nitrogens is 2. The van der Waals surface area contributed by atoms with Crippen LogP contribution in [0.5, 0.6) is 5.75 Å². The molecule has 1 atom stereocenters. The molecule has 10 nitrogen and oxygen atoms in total. The van der Waals surface area contributed by atoms with Crippen molar-refractivity contribution < 1.29 is 24.2 Å². The van der Waals surface area contributed by atoms with E-state index in [-0.39, 0.29) is 34.9 Å². The first-order valence-electron chi connectivity index (χ1n) is 12.2. The number of methoxy groups -OCH3 is 1. The van der Waals surface area contributed by atoms with E-state index in [1.807, 2.05) is 24.3 Å². The first-order chi connectivity index (χ1) is 17.5. The monoisotopic (exact) mass is 493 g/mol. The van der Waals surface area contributed by atoms with E-state index in [9.17, 15) is 14.7 Å². The summed E-state index contributed by atoms with van der Waals surface area (Å²) in [6, 6.07) is 10.7. The van der Waals surface area contributed by atoms with Crippen molar-refractivity contribution in [2.24, 2.45) is 0 Å². The fourth-order valence-corrected chi connectivity index (χ4v) is 4.86. The number of rotatable bonds is 5. The topological polar surface area (TPSA) is 111 Å². The van der Waals surface area contributed by atoms with E-state index in [2.05, 4.69) is 15.1 Å². The Morgan fingerprint density at radius 3 is 2.64 bits per heavy atom. The van der Waals surface area contributed by atoms with Gasteiger partial charge in [0.25, 0.3) is 11.8 Å². The van der Waals surface area contributed by atoms with Crippen LogP contribution in [0.2, 0.25) is 0 Å². The van der Waals surface area contributed by atoms with Crippen molar-refractivity contribution in [3.05, 3.63) is 47.7 Å². The normalized spacial score (nSPS) is 18.4. The van der Waals surface area contributed by atoms with Crippen LogP contribution >= 0.6 is 0 Å². The minimum atomic E-state index is -0.384. The largest absolute Gasteiger partial charge is 0.507 e. The molecule has 5 rings (SSSR count). The minimum Gasteiger partial charge on any atom is -0.507 e. The van der Waals surface area contributed by atoms with E-state index >= 15 is 0 Å². The number of aromatic hydroxyl groups is 1. The number of hydrogen-bond acceptors (Lipinski definition) is 7. The smallest absolute Gasteiger partial charge is 0.275 e. The highest BCUT2D eigenvalue weighted by Crippen LogP contribution is 2.30. The zero-order valence-electron chi connectivity index (χ0n) is 20.6. The molecule has 2 fully saturated rings. The second-order valence-electron chi connectivity index (χ2n) is 9.22. The Balaban J connectivity index is 1.38. The van der Waals surface area contributed by atoms with Gasteiger partial charge >= 0.3 is 0 Å². The van der Waals surface area contributed by atoms with Crippen LogP contribution in [0, 0.1) is 0 Å². The van der Waals surface area contributed by atoms with Crippen LogP contribution in [0.4, 0.5) is 11.4 Å². The van der Waals surface area contributed by atoms with Gasteiger partial charge < -0.3 is 29.3 Å². The Labute approximate surface area is 209 Å². The molecule has 2 saturated heterocycles. The van der Waals surface area contributed by atoms with Gasteiger partial charge in [-0.3, -0.25) is 14.7 Å². The summed E-state index contributed by atoms with van der Waals surface area (Å²) in [7, 11) is 3.31. The lowest BCUT2D eigenvalue weighted by atomic mass is 10.1. The number of hydrogen-bond donors (Lipinski definition) is 2. The molecule has 36 heavy (non-hydrogen) atoms. The van der Waals surface area contributed by atoms with Gasteiger partial charge in [-0.15, -0.1) is 0 Å². The predicted octanol–water partition coefficient (Wildman–Crippen LogP) is 2.63. The summed E-state index contributed by atoms with van der Waals surface area (Å²) in [5, 5.41) is 18.1. The zero-order valence-corrected chi connectivity index (χ0v) is 20.6. The summed E-state index contributed by atoms with van der Waals surface area (Å²) in [5.41, 5.74) is 2.59. The second-order valence-corrected chi connectivity index (χ2v) is 9.22. The van der Waals surface area contributed by atoms with Crippen molar-refractivity contribution >= 4 is 34.1 Å². The van der Waals surface area contributed by atoms with Crippen molar-refractivity contribution in [2.45, 2.75) is 18.9 Å². The number of piperidine rings is 1. The number of phenols is 1. The molecule has 0 unspecified atom stereocenters. The third-order valence-corrected chi connectivity index (χ3v) is 7.03. The van der Waals surface area contributed by atoms with Crippen LogP contribution in [0.15, 0.2) is 36.4 Å². The molecule has 3 aromatic rings. The Kier molecular flexibility index (Phi) is 6.80. The van der Waals surface area contributed by atoms with E-state index in [4.69, 9.17) is 9.47 Å². The molecule has 0 radical (unpaired) electrons. The zero-order chi connectivity index (χ0) is 25.2. The average Bonchev–Trinajstić information content (AvgIpc) is 3.34. The van der Waals surface area contributed by atoms with E-state index < -0.39 is 0 Å². The highest BCUT2D eigenvalue weighted by Gasteiger charge is 2.28. The Bertz CT molecular complexity index is 1250. The summed E-state index contributed by atoms with van der Waals surface area (Å²) in [6.45, 7) is 4.18. The summed E-state index contributed by atoms with van der Waals surface area (Å²) >= 11 is 0. The Morgan fingerprint density at radius 1 is 1.17 bits per heavy atom. The lowest BCUT2D eigenvalue weighted by molar-refractivity contribution is 0.0266. The number of ether oxygens (including phenoxy) is 2. The first kappa shape index (κ1) is 24.1. The Hall–Kier alpha value is -3.63. The van der Waals surface area contributed by atoms with Gasteiger partial charge in [-0.25, -0.2) is 0 Å². The maximum absolute atomic E-state index is 13.4. The number of nitrogens with one attached hydrogen (secondary N) is 1. The molecule has 2 N–H and O–H groups in total.